The number of carbonyl (C=O) groups is 2. The zero-order chi connectivity index (χ0) is 24.7. The SMILES string of the molecule is CCN(CC)Cc1ccc(C(=O)NNC(=O)c2cccc(S(=O)(=O)Nc3ccc(C)cc3)c2)o1. The molecule has 0 spiro atoms. The smallest absolute Gasteiger partial charge is 0.305 e. The normalized spacial score (nSPS) is 11.3. The molecule has 9 nitrogen and oxygen atoms in total. The van der Waals surface area contributed by atoms with E-state index in [-0.39, 0.29) is 16.2 Å². The maximum Gasteiger partial charge on any atom is 0.305 e. The van der Waals surface area contributed by atoms with Crippen molar-refractivity contribution in [3.63, 3.8) is 0 Å². The lowest BCUT2D eigenvalue weighted by atomic mass is 10.2. The summed E-state index contributed by atoms with van der Waals surface area (Å²) in [6.45, 7) is 8.25. The Bertz CT molecular complexity index is 1250. The first-order valence-electron chi connectivity index (χ1n) is 10.8. The molecule has 10 heteroatoms. The third kappa shape index (κ3) is 6.46. The van der Waals surface area contributed by atoms with Crippen molar-refractivity contribution in [2.24, 2.45) is 0 Å². The quantitative estimate of drug-likeness (QED) is 0.401. The number of hydrogen-bond donors (Lipinski definition) is 3. The van der Waals surface area contributed by atoms with E-state index < -0.39 is 21.8 Å². The molecule has 3 rings (SSSR count). The molecule has 0 radical (unpaired) electrons. The zero-order valence-corrected chi connectivity index (χ0v) is 20.1. The van der Waals surface area contributed by atoms with E-state index in [9.17, 15) is 18.0 Å². The minimum atomic E-state index is -3.90. The van der Waals surface area contributed by atoms with Gasteiger partial charge in [-0.2, -0.15) is 0 Å². The number of rotatable bonds is 9. The first kappa shape index (κ1) is 25.0. The van der Waals surface area contributed by atoms with Crippen LogP contribution >= 0.6 is 0 Å². The largest absolute Gasteiger partial charge is 0.454 e. The molecule has 34 heavy (non-hydrogen) atoms. The second-order valence-electron chi connectivity index (χ2n) is 7.63. The number of hydrogen-bond acceptors (Lipinski definition) is 6. The van der Waals surface area contributed by atoms with E-state index in [1.54, 1.807) is 30.3 Å². The fourth-order valence-electron chi connectivity index (χ4n) is 3.14. The van der Waals surface area contributed by atoms with E-state index in [2.05, 4.69) is 20.5 Å². The predicted molar refractivity (Wildman–Crippen MR) is 129 cm³/mol. The minimum Gasteiger partial charge on any atom is -0.454 e. The van der Waals surface area contributed by atoms with Gasteiger partial charge in [-0.15, -0.1) is 0 Å². The topological polar surface area (TPSA) is 121 Å². The van der Waals surface area contributed by atoms with E-state index >= 15 is 0 Å². The van der Waals surface area contributed by atoms with Gasteiger partial charge in [-0.25, -0.2) is 8.42 Å². The van der Waals surface area contributed by atoms with Crippen LogP contribution in [0.4, 0.5) is 5.69 Å². The molecular weight excluding hydrogens is 456 g/mol. The van der Waals surface area contributed by atoms with Crippen molar-refractivity contribution < 1.29 is 22.4 Å². The highest BCUT2D eigenvalue weighted by molar-refractivity contribution is 7.92. The molecule has 1 heterocycles. The minimum absolute atomic E-state index is 0.0566. The van der Waals surface area contributed by atoms with Crippen LogP contribution in [-0.4, -0.2) is 38.2 Å². The number of benzene rings is 2. The van der Waals surface area contributed by atoms with Gasteiger partial charge in [0.15, 0.2) is 5.76 Å². The lowest BCUT2D eigenvalue weighted by Gasteiger charge is -2.15. The molecule has 0 fully saturated rings. The van der Waals surface area contributed by atoms with Crippen LogP contribution in [0.3, 0.4) is 0 Å². The average molecular weight is 485 g/mol. The number of aryl methyl sites for hydroxylation is 1. The van der Waals surface area contributed by atoms with Crippen LogP contribution in [0.1, 0.15) is 46.1 Å². The molecular formula is C24H28N4O5S. The summed E-state index contributed by atoms with van der Waals surface area (Å²) in [4.78, 5) is 26.9. The van der Waals surface area contributed by atoms with Gasteiger partial charge in [-0.05, 0) is 62.5 Å². The molecule has 1 aromatic heterocycles. The third-order valence-electron chi connectivity index (χ3n) is 5.16. The van der Waals surface area contributed by atoms with Gasteiger partial charge in [0.25, 0.3) is 15.9 Å². The van der Waals surface area contributed by atoms with Gasteiger partial charge in [0.2, 0.25) is 0 Å². The highest BCUT2D eigenvalue weighted by atomic mass is 32.2. The average Bonchev–Trinajstić information content (AvgIpc) is 3.31. The van der Waals surface area contributed by atoms with Gasteiger partial charge in [0.1, 0.15) is 5.76 Å². The summed E-state index contributed by atoms with van der Waals surface area (Å²) in [6.07, 6.45) is 0. The molecule has 2 amide bonds. The van der Waals surface area contributed by atoms with Crippen LogP contribution in [0.5, 0.6) is 0 Å². The number of anilines is 1. The Morgan fingerprint density at radius 1 is 0.912 bits per heavy atom. The van der Waals surface area contributed by atoms with E-state index in [1.807, 2.05) is 20.8 Å². The summed E-state index contributed by atoms with van der Waals surface area (Å²) in [5, 5.41) is 0. The second kappa shape index (κ2) is 11.0. The summed E-state index contributed by atoms with van der Waals surface area (Å²) >= 11 is 0. The van der Waals surface area contributed by atoms with E-state index in [0.29, 0.717) is 18.0 Å². The number of hydrazine groups is 1. The molecule has 0 aliphatic carbocycles. The number of furan rings is 1. The predicted octanol–water partition coefficient (Wildman–Crippen LogP) is 3.31. The highest BCUT2D eigenvalue weighted by Gasteiger charge is 2.18. The van der Waals surface area contributed by atoms with Crippen molar-refractivity contribution in [3.05, 3.63) is 83.3 Å². The molecule has 3 aromatic rings. The van der Waals surface area contributed by atoms with Crippen LogP contribution in [0.2, 0.25) is 0 Å². The van der Waals surface area contributed by atoms with Crippen LogP contribution < -0.4 is 15.6 Å². The molecule has 180 valence electrons. The number of sulfonamides is 1. The van der Waals surface area contributed by atoms with Gasteiger partial charge in [0, 0.05) is 11.3 Å². The standard InChI is InChI=1S/C24H28N4O5S/c1-4-28(5-2)16-20-13-14-22(33-20)24(30)26-25-23(29)18-7-6-8-21(15-18)34(31,32)27-19-11-9-17(3)10-12-19/h6-15,27H,4-5,16H2,1-3H3,(H,25,29)(H,26,30). The fourth-order valence-corrected chi connectivity index (χ4v) is 4.24. The lowest BCUT2D eigenvalue weighted by molar-refractivity contribution is 0.0828. The molecule has 0 aliphatic heterocycles. The van der Waals surface area contributed by atoms with Crippen LogP contribution in [0.15, 0.2) is 70.0 Å². The van der Waals surface area contributed by atoms with Crippen LogP contribution in [-0.2, 0) is 16.6 Å². The van der Waals surface area contributed by atoms with Gasteiger partial charge < -0.3 is 4.42 Å². The Labute approximate surface area is 199 Å². The summed E-state index contributed by atoms with van der Waals surface area (Å²) < 4.78 is 33.4. The Morgan fingerprint density at radius 2 is 1.59 bits per heavy atom. The Hall–Kier alpha value is -3.63. The Morgan fingerprint density at radius 3 is 2.26 bits per heavy atom. The number of carbonyl (C=O) groups excluding carboxylic acids is 2. The van der Waals surface area contributed by atoms with Gasteiger partial charge in [-0.1, -0.05) is 37.6 Å². The van der Waals surface area contributed by atoms with Crippen molar-refractivity contribution >= 4 is 27.5 Å². The second-order valence-corrected chi connectivity index (χ2v) is 9.32. The Kier molecular flexibility index (Phi) is 8.08. The zero-order valence-electron chi connectivity index (χ0n) is 19.3. The monoisotopic (exact) mass is 484 g/mol. The van der Waals surface area contributed by atoms with Crippen molar-refractivity contribution in [1.82, 2.24) is 15.8 Å². The van der Waals surface area contributed by atoms with Gasteiger partial charge >= 0.3 is 5.91 Å². The van der Waals surface area contributed by atoms with Crippen molar-refractivity contribution in [1.29, 1.82) is 0 Å². The van der Waals surface area contributed by atoms with E-state index in [4.69, 9.17) is 4.42 Å². The molecule has 0 bridgehead atoms. The first-order valence-corrected chi connectivity index (χ1v) is 12.3. The summed E-state index contributed by atoms with van der Waals surface area (Å²) in [7, 11) is -3.90. The fraction of sp³-hybridized carbons (Fsp3) is 0.250. The maximum absolute atomic E-state index is 12.7. The van der Waals surface area contributed by atoms with E-state index in [1.165, 1.54) is 30.3 Å². The van der Waals surface area contributed by atoms with Crippen molar-refractivity contribution in [2.45, 2.75) is 32.2 Å². The molecule has 2 aromatic carbocycles. The van der Waals surface area contributed by atoms with E-state index in [0.717, 1.165) is 18.7 Å². The van der Waals surface area contributed by atoms with Crippen molar-refractivity contribution in [2.75, 3.05) is 17.8 Å². The number of nitrogens with zero attached hydrogens (tertiary/aromatic N) is 1. The van der Waals surface area contributed by atoms with Crippen molar-refractivity contribution in [3.8, 4) is 0 Å². The maximum atomic E-state index is 12.7. The third-order valence-corrected chi connectivity index (χ3v) is 6.54. The van der Waals surface area contributed by atoms with Crippen LogP contribution in [0.25, 0.3) is 0 Å². The van der Waals surface area contributed by atoms with Crippen LogP contribution in [0, 0.1) is 6.92 Å². The number of amides is 2. The summed E-state index contributed by atoms with van der Waals surface area (Å²) in [6, 6.07) is 15.6. The molecule has 0 saturated carbocycles. The number of nitrogens with one attached hydrogen (secondary N) is 3. The van der Waals surface area contributed by atoms with Gasteiger partial charge in [0.05, 0.1) is 11.4 Å². The summed E-state index contributed by atoms with van der Waals surface area (Å²) in [5.74, 6) is -0.597. The molecule has 0 atom stereocenters. The first-order chi connectivity index (χ1) is 16.2. The summed E-state index contributed by atoms with van der Waals surface area (Å²) in [5.41, 5.74) is 6.04. The highest BCUT2D eigenvalue weighted by Crippen LogP contribution is 2.18. The lowest BCUT2D eigenvalue weighted by Crippen LogP contribution is -2.41. The Balaban J connectivity index is 1.62. The molecule has 0 aliphatic rings. The molecule has 0 saturated heterocycles. The molecule has 3 N–H and O–H groups in total. The van der Waals surface area contributed by atoms with Gasteiger partial charge in [-0.3, -0.25) is 30.1 Å². The molecule has 0 unspecified atom stereocenters.